The standard InChI is InChI=1S/C17H19NO5/c1-9-13(16(19)20)15(11-6-5-7-12(8-11)22-3)14(10(2)18-9)17(21)23-4/h5-8,13,15H,1-4H3,(H,19,20). The molecular formula is C17H19NO5. The van der Waals surface area contributed by atoms with Crippen LogP contribution in [0.2, 0.25) is 0 Å². The SMILES string of the molecule is COC(=O)C1=C(C)N=C(C)C(C(=O)O)C1c1cccc(OC)c1. The summed E-state index contributed by atoms with van der Waals surface area (Å²) in [5, 5.41) is 9.64. The topological polar surface area (TPSA) is 85.2 Å². The molecule has 1 aromatic rings. The number of allylic oxidation sites excluding steroid dienone is 1. The van der Waals surface area contributed by atoms with Gasteiger partial charge in [-0.3, -0.25) is 9.79 Å². The number of methoxy groups -OCH3 is 2. The Morgan fingerprint density at radius 2 is 1.91 bits per heavy atom. The van der Waals surface area contributed by atoms with Crippen molar-refractivity contribution < 1.29 is 24.2 Å². The zero-order valence-electron chi connectivity index (χ0n) is 13.5. The lowest BCUT2D eigenvalue weighted by atomic mass is 9.75. The van der Waals surface area contributed by atoms with E-state index in [0.29, 0.717) is 22.7 Å². The number of benzene rings is 1. The third-order valence-corrected chi connectivity index (χ3v) is 3.95. The van der Waals surface area contributed by atoms with Crippen LogP contribution in [0.4, 0.5) is 0 Å². The number of carbonyl (C=O) groups is 2. The lowest BCUT2D eigenvalue weighted by molar-refractivity contribution is -0.140. The highest BCUT2D eigenvalue weighted by atomic mass is 16.5. The summed E-state index contributed by atoms with van der Waals surface area (Å²) in [6.07, 6.45) is 0. The first-order valence-electron chi connectivity index (χ1n) is 7.11. The van der Waals surface area contributed by atoms with E-state index in [4.69, 9.17) is 9.47 Å². The Morgan fingerprint density at radius 1 is 1.22 bits per heavy atom. The second kappa shape index (κ2) is 6.64. The fourth-order valence-electron chi connectivity index (χ4n) is 2.93. The number of esters is 1. The van der Waals surface area contributed by atoms with Gasteiger partial charge in [0.2, 0.25) is 0 Å². The molecule has 2 unspecified atom stereocenters. The molecule has 1 aromatic carbocycles. The number of hydrogen-bond donors (Lipinski definition) is 1. The van der Waals surface area contributed by atoms with Crippen LogP contribution in [0, 0.1) is 5.92 Å². The van der Waals surface area contributed by atoms with Crippen molar-refractivity contribution in [1.29, 1.82) is 0 Å². The summed E-state index contributed by atoms with van der Waals surface area (Å²) in [6.45, 7) is 3.34. The number of ether oxygens (including phenoxy) is 2. The van der Waals surface area contributed by atoms with E-state index in [9.17, 15) is 14.7 Å². The van der Waals surface area contributed by atoms with Crippen molar-refractivity contribution in [2.24, 2.45) is 10.9 Å². The smallest absolute Gasteiger partial charge is 0.336 e. The van der Waals surface area contributed by atoms with Crippen LogP contribution in [-0.4, -0.2) is 37.0 Å². The van der Waals surface area contributed by atoms with E-state index in [1.54, 1.807) is 38.1 Å². The molecule has 0 aromatic heterocycles. The Hall–Kier alpha value is -2.63. The number of carboxylic acids is 1. The number of carboxylic acid groups (broad SMARTS) is 1. The largest absolute Gasteiger partial charge is 0.497 e. The summed E-state index contributed by atoms with van der Waals surface area (Å²) in [5.74, 6) is -2.62. The quantitative estimate of drug-likeness (QED) is 0.862. The molecule has 1 N–H and O–H groups in total. The summed E-state index contributed by atoms with van der Waals surface area (Å²) < 4.78 is 10.0. The van der Waals surface area contributed by atoms with Crippen LogP contribution in [0.15, 0.2) is 40.5 Å². The van der Waals surface area contributed by atoms with E-state index >= 15 is 0 Å². The predicted octanol–water partition coefficient (Wildman–Crippen LogP) is 2.40. The third-order valence-electron chi connectivity index (χ3n) is 3.95. The molecule has 0 spiro atoms. The summed E-state index contributed by atoms with van der Waals surface area (Å²) in [4.78, 5) is 28.2. The maximum Gasteiger partial charge on any atom is 0.336 e. The van der Waals surface area contributed by atoms with E-state index in [1.165, 1.54) is 14.2 Å². The van der Waals surface area contributed by atoms with Crippen molar-refractivity contribution in [3.8, 4) is 5.75 Å². The van der Waals surface area contributed by atoms with Crippen molar-refractivity contribution >= 4 is 17.7 Å². The van der Waals surface area contributed by atoms with Gasteiger partial charge in [-0.05, 0) is 31.5 Å². The molecule has 6 heteroatoms. The molecule has 1 aliphatic heterocycles. The van der Waals surface area contributed by atoms with E-state index in [0.717, 1.165) is 0 Å². The van der Waals surface area contributed by atoms with E-state index < -0.39 is 23.8 Å². The molecule has 23 heavy (non-hydrogen) atoms. The van der Waals surface area contributed by atoms with Crippen molar-refractivity contribution in [2.45, 2.75) is 19.8 Å². The zero-order chi connectivity index (χ0) is 17.1. The second-order valence-electron chi connectivity index (χ2n) is 5.31. The highest BCUT2D eigenvalue weighted by molar-refractivity contribution is 6.06. The van der Waals surface area contributed by atoms with Gasteiger partial charge in [0.1, 0.15) is 11.7 Å². The van der Waals surface area contributed by atoms with Gasteiger partial charge >= 0.3 is 11.9 Å². The molecule has 122 valence electrons. The number of nitrogens with zero attached hydrogens (tertiary/aromatic N) is 1. The molecular weight excluding hydrogens is 298 g/mol. The second-order valence-corrected chi connectivity index (χ2v) is 5.31. The van der Waals surface area contributed by atoms with Crippen LogP contribution in [0.5, 0.6) is 5.75 Å². The molecule has 1 heterocycles. The lowest BCUT2D eigenvalue weighted by Crippen LogP contribution is -2.35. The molecule has 0 saturated carbocycles. The monoisotopic (exact) mass is 317 g/mol. The minimum Gasteiger partial charge on any atom is -0.497 e. The maximum atomic E-state index is 12.2. The summed E-state index contributed by atoms with van der Waals surface area (Å²) in [6, 6.07) is 7.03. The molecule has 0 bridgehead atoms. The Bertz CT molecular complexity index is 705. The number of aliphatic carboxylic acids is 1. The molecule has 0 aliphatic carbocycles. The van der Waals surface area contributed by atoms with Gasteiger partial charge in [-0.25, -0.2) is 4.79 Å². The summed E-state index contributed by atoms with van der Waals surface area (Å²) in [7, 11) is 2.80. The normalized spacial score (nSPS) is 20.8. The maximum absolute atomic E-state index is 12.2. The Labute approximate surface area is 134 Å². The number of rotatable bonds is 4. The lowest BCUT2D eigenvalue weighted by Gasteiger charge is -2.30. The van der Waals surface area contributed by atoms with Crippen LogP contribution in [0.3, 0.4) is 0 Å². The minimum atomic E-state index is -1.03. The average molecular weight is 317 g/mol. The van der Waals surface area contributed by atoms with Crippen LogP contribution >= 0.6 is 0 Å². The first-order chi connectivity index (χ1) is 10.9. The molecule has 0 saturated heterocycles. The van der Waals surface area contributed by atoms with Gasteiger partial charge in [-0.1, -0.05) is 12.1 Å². The molecule has 0 amide bonds. The van der Waals surface area contributed by atoms with E-state index in [1.807, 2.05) is 0 Å². The van der Waals surface area contributed by atoms with Gasteiger partial charge in [0.05, 0.1) is 19.8 Å². The van der Waals surface area contributed by atoms with Crippen LogP contribution in [0.25, 0.3) is 0 Å². The van der Waals surface area contributed by atoms with Crippen LogP contribution in [-0.2, 0) is 14.3 Å². The van der Waals surface area contributed by atoms with Crippen molar-refractivity contribution in [2.75, 3.05) is 14.2 Å². The van der Waals surface area contributed by atoms with Gasteiger partial charge < -0.3 is 14.6 Å². The van der Waals surface area contributed by atoms with Crippen LogP contribution < -0.4 is 4.74 Å². The van der Waals surface area contributed by atoms with Crippen molar-refractivity contribution in [3.05, 3.63) is 41.1 Å². The zero-order valence-corrected chi connectivity index (χ0v) is 13.5. The molecule has 0 radical (unpaired) electrons. The van der Waals surface area contributed by atoms with Gasteiger partial charge in [0.15, 0.2) is 0 Å². The first-order valence-corrected chi connectivity index (χ1v) is 7.11. The van der Waals surface area contributed by atoms with Gasteiger partial charge in [-0.15, -0.1) is 0 Å². The first kappa shape index (κ1) is 16.7. The van der Waals surface area contributed by atoms with Crippen molar-refractivity contribution in [1.82, 2.24) is 0 Å². The number of carbonyl (C=O) groups excluding carboxylic acids is 1. The van der Waals surface area contributed by atoms with Gasteiger partial charge in [-0.2, -0.15) is 0 Å². The fraction of sp³-hybridized carbons (Fsp3) is 0.353. The molecule has 2 rings (SSSR count). The number of aliphatic imine (C=N–C) groups is 1. The highest BCUT2D eigenvalue weighted by Gasteiger charge is 2.41. The van der Waals surface area contributed by atoms with E-state index in [-0.39, 0.29) is 5.57 Å². The fourth-order valence-corrected chi connectivity index (χ4v) is 2.93. The van der Waals surface area contributed by atoms with Gasteiger partial charge in [0.25, 0.3) is 0 Å². The summed E-state index contributed by atoms with van der Waals surface area (Å²) in [5.41, 5.74) is 1.86. The van der Waals surface area contributed by atoms with Crippen LogP contribution in [0.1, 0.15) is 25.3 Å². The Balaban J connectivity index is 2.67. The van der Waals surface area contributed by atoms with Gasteiger partial charge in [0, 0.05) is 17.3 Å². The Morgan fingerprint density at radius 3 is 2.48 bits per heavy atom. The summed E-state index contributed by atoms with van der Waals surface area (Å²) >= 11 is 0. The van der Waals surface area contributed by atoms with E-state index in [2.05, 4.69) is 4.99 Å². The molecule has 1 aliphatic rings. The van der Waals surface area contributed by atoms with Crippen molar-refractivity contribution in [3.63, 3.8) is 0 Å². The highest BCUT2D eigenvalue weighted by Crippen LogP contribution is 2.40. The number of hydrogen-bond acceptors (Lipinski definition) is 5. The Kier molecular flexibility index (Phi) is 4.83. The molecule has 2 atom stereocenters. The molecule has 0 fully saturated rings. The minimum absolute atomic E-state index is 0.263. The predicted molar refractivity (Wildman–Crippen MR) is 84.7 cm³/mol. The third kappa shape index (κ3) is 3.11. The molecule has 6 nitrogen and oxygen atoms in total. The average Bonchev–Trinajstić information content (AvgIpc) is 2.53.